The van der Waals surface area contributed by atoms with E-state index in [1.807, 2.05) is 12.4 Å². The molecule has 2 heterocycles. The van der Waals surface area contributed by atoms with Gasteiger partial charge < -0.3 is 0 Å². The third-order valence-corrected chi connectivity index (χ3v) is 3.42. The number of aromatic nitrogens is 2. The second kappa shape index (κ2) is 7.67. The summed E-state index contributed by atoms with van der Waals surface area (Å²) in [6.07, 6.45) is 12.5. The van der Waals surface area contributed by atoms with Crippen molar-refractivity contribution in [1.82, 2.24) is 4.98 Å². The highest BCUT2D eigenvalue weighted by Crippen LogP contribution is 2.13. The minimum absolute atomic E-state index is 1.10. The molecule has 0 unspecified atom stereocenters. The van der Waals surface area contributed by atoms with Gasteiger partial charge in [0.15, 0.2) is 6.20 Å². The lowest BCUT2D eigenvalue weighted by molar-refractivity contribution is -0.686. The fourth-order valence-corrected chi connectivity index (χ4v) is 2.34. The topological polar surface area (TPSA) is 16.8 Å². The summed E-state index contributed by atoms with van der Waals surface area (Å²) in [6.45, 7) is 3.36. The second-order valence-corrected chi connectivity index (χ2v) is 4.93. The van der Waals surface area contributed by atoms with Crippen LogP contribution in [0, 0.1) is 0 Å². The zero-order valence-electron chi connectivity index (χ0n) is 11.8. The van der Waals surface area contributed by atoms with Crippen LogP contribution in [0.1, 0.15) is 39.0 Å². The molecule has 0 fully saturated rings. The lowest BCUT2D eigenvalue weighted by Crippen LogP contribution is -2.35. The fraction of sp³-hybridized carbons (Fsp3) is 0.412. The molecule has 0 aromatic carbocycles. The van der Waals surface area contributed by atoms with E-state index in [0.717, 1.165) is 6.54 Å². The van der Waals surface area contributed by atoms with Gasteiger partial charge in [0.25, 0.3) is 0 Å². The van der Waals surface area contributed by atoms with E-state index in [-0.39, 0.29) is 0 Å². The van der Waals surface area contributed by atoms with Gasteiger partial charge in [0.05, 0.1) is 0 Å². The standard InChI is InChI=1S/C17H23N2/c1-2-3-4-5-7-14-19-15-8-6-9-17(19)16-10-12-18-13-11-16/h6,8-13,15H,2-5,7,14H2,1H3/q+1. The Hall–Kier alpha value is -1.70. The monoisotopic (exact) mass is 255 g/mol. The first-order chi connectivity index (χ1) is 9.42. The summed E-state index contributed by atoms with van der Waals surface area (Å²) in [6, 6.07) is 10.5. The highest BCUT2D eigenvalue weighted by molar-refractivity contribution is 5.54. The van der Waals surface area contributed by atoms with Crippen LogP contribution in [0.15, 0.2) is 48.9 Å². The van der Waals surface area contributed by atoms with E-state index in [0.29, 0.717) is 0 Å². The van der Waals surface area contributed by atoms with E-state index in [4.69, 9.17) is 0 Å². The van der Waals surface area contributed by atoms with Gasteiger partial charge >= 0.3 is 0 Å². The van der Waals surface area contributed by atoms with E-state index >= 15 is 0 Å². The van der Waals surface area contributed by atoms with Gasteiger partial charge in [-0.3, -0.25) is 4.98 Å². The van der Waals surface area contributed by atoms with Crippen LogP contribution in [0.3, 0.4) is 0 Å². The van der Waals surface area contributed by atoms with E-state index < -0.39 is 0 Å². The Balaban J connectivity index is 2.01. The minimum atomic E-state index is 1.10. The van der Waals surface area contributed by atoms with E-state index in [2.05, 4.69) is 53.0 Å². The molecule has 0 bridgehead atoms. The largest absolute Gasteiger partial charge is 0.265 e. The molecule has 0 aliphatic rings. The zero-order chi connectivity index (χ0) is 13.3. The predicted octanol–water partition coefficient (Wildman–Crippen LogP) is 4.01. The van der Waals surface area contributed by atoms with Crippen LogP contribution in [0.4, 0.5) is 0 Å². The van der Waals surface area contributed by atoms with Gasteiger partial charge in [0.1, 0.15) is 6.54 Å². The van der Waals surface area contributed by atoms with Crippen LogP contribution >= 0.6 is 0 Å². The van der Waals surface area contributed by atoms with E-state index in [9.17, 15) is 0 Å². The Kier molecular flexibility index (Phi) is 5.54. The lowest BCUT2D eigenvalue weighted by Gasteiger charge is -2.04. The Labute approximate surface area is 116 Å². The maximum absolute atomic E-state index is 4.09. The summed E-state index contributed by atoms with van der Waals surface area (Å²) in [5, 5.41) is 0. The maximum atomic E-state index is 4.09. The van der Waals surface area contributed by atoms with Crippen LogP contribution < -0.4 is 4.57 Å². The molecule has 0 spiro atoms. The summed E-state index contributed by atoms with van der Waals surface area (Å²) in [7, 11) is 0. The number of unbranched alkanes of at least 4 members (excludes halogenated alkanes) is 4. The Morgan fingerprint density at radius 2 is 1.74 bits per heavy atom. The van der Waals surface area contributed by atoms with Crippen molar-refractivity contribution >= 4 is 0 Å². The summed E-state index contributed by atoms with van der Waals surface area (Å²) in [5.74, 6) is 0. The molecule has 2 aromatic rings. The van der Waals surface area contributed by atoms with Crippen molar-refractivity contribution in [1.29, 1.82) is 0 Å². The molecule has 0 radical (unpaired) electrons. The second-order valence-electron chi connectivity index (χ2n) is 4.93. The smallest absolute Gasteiger partial charge is 0.212 e. The molecule has 2 nitrogen and oxygen atoms in total. The number of rotatable bonds is 7. The molecule has 0 aliphatic heterocycles. The number of hydrogen-bond donors (Lipinski definition) is 0. The van der Waals surface area contributed by atoms with Crippen LogP contribution in [-0.4, -0.2) is 4.98 Å². The van der Waals surface area contributed by atoms with E-state index in [1.54, 1.807) is 0 Å². The minimum Gasteiger partial charge on any atom is -0.265 e. The van der Waals surface area contributed by atoms with Crippen molar-refractivity contribution < 1.29 is 4.57 Å². The van der Waals surface area contributed by atoms with Gasteiger partial charge in [-0.1, -0.05) is 26.2 Å². The summed E-state index contributed by atoms with van der Waals surface area (Å²) in [4.78, 5) is 4.09. The van der Waals surface area contributed by atoms with Gasteiger partial charge in [-0.15, -0.1) is 0 Å². The van der Waals surface area contributed by atoms with Gasteiger partial charge in [0.2, 0.25) is 5.69 Å². The average Bonchev–Trinajstić information content (AvgIpc) is 2.48. The summed E-state index contributed by atoms with van der Waals surface area (Å²) in [5.41, 5.74) is 2.52. The van der Waals surface area contributed by atoms with Crippen LogP contribution in [-0.2, 0) is 6.54 Å². The number of hydrogen-bond acceptors (Lipinski definition) is 1. The van der Waals surface area contributed by atoms with Crippen LogP contribution in [0.5, 0.6) is 0 Å². The van der Waals surface area contributed by atoms with Crippen LogP contribution in [0.25, 0.3) is 11.3 Å². The highest BCUT2D eigenvalue weighted by atomic mass is 14.9. The van der Waals surface area contributed by atoms with Crippen molar-refractivity contribution in [3.8, 4) is 11.3 Å². The average molecular weight is 255 g/mol. The Bertz CT molecular complexity index is 480. The quantitative estimate of drug-likeness (QED) is 0.539. The van der Waals surface area contributed by atoms with Crippen molar-refractivity contribution in [3.63, 3.8) is 0 Å². The third-order valence-electron chi connectivity index (χ3n) is 3.42. The van der Waals surface area contributed by atoms with Gasteiger partial charge in [-0.05, 0) is 24.6 Å². The number of nitrogens with zero attached hydrogens (tertiary/aromatic N) is 2. The highest BCUT2D eigenvalue weighted by Gasteiger charge is 2.10. The molecule has 19 heavy (non-hydrogen) atoms. The van der Waals surface area contributed by atoms with Crippen molar-refractivity contribution in [3.05, 3.63) is 48.9 Å². The van der Waals surface area contributed by atoms with E-state index in [1.165, 1.54) is 43.4 Å². The first kappa shape index (κ1) is 13.7. The molecule has 0 N–H and O–H groups in total. The molecule has 2 heteroatoms. The molecule has 2 aromatic heterocycles. The number of pyridine rings is 2. The molecule has 0 atom stereocenters. The third kappa shape index (κ3) is 4.16. The molecule has 0 amide bonds. The van der Waals surface area contributed by atoms with Crippen molar-refractivity contribution in [2.45, 2.75) is 45.6 Å². The maximum Gasteiger partial charge on any atom is 0.212 e. The van der Waals surface area contributed by atoms with Crippen LogP contribution in [0.2, 0.25) is 0 Å². The molecule has 0 saturated carbocycles. The molecular formula is C17H23N2+. The Morgan fingerprint density at radius 3 is 2.53 bits per heavy atom. The van der Waals surface area contributed by atoms with Gasteiger partial charge in [-0.25, -0.2) is 0 Å². The lowest BCUT2D eigenvalue weighted by atomic mass is 10.1. The summed E-state index contributed by atoms with van der Waals surface area (Å²) >= 11 is 0. The number of aryl methyl sites for hydroxylation is 1. The first-order valence-electron chi connectivity index (χ1n) is 7.30. The summed E-state index contributed by atoms with van der Waals surface area (Å²) < 4.78 is 2.35. The predicted molar refractivity (Wildman–Crippen MR) is 78.6 cm³/mol. The zero-order valence-corrected chi connectivity index (χ0v) is 11.8. The van der Waals surface area contributed by atoms with Gasteiger partial charge in [0, 0.05) is 36.5 Å². The molecule has 0 aliphatic carbocycles. The molecule has 100 valence electrons. The molecular weight excluding hydrogens is 232 g/mol. The molecule has 2 rings (SSSR count). The van der Waals surface area contributed by atoms with Crippen molar-refractivity contribution in [2.75, 3.05) is 0 Å². The Morgan fingerprint density at radius 1 is 0.947 bits per heavy atom. The van der Waals surface area contributed by atoms with Gasteiger partial charge in [-0.2, -0.15) is 4.57 Å². The first-order valence-corrected chi connectivity index (χ1v) is 7.30. The SMILES string of the molecule is CCCCCCC[n+]1ccccc1-c1ccncc1. The van der Waals surface area contributed by atoms with Crippen molar-refractivity contribution in [2.24, 2.45) is 0 Å². The fourth-order valence-electron chi connectivity index (χ4n) is 2.34. The molecule has 0 saturated heterocycles. The normalized spacial score (nSPS) is 10.6.